The smallest absolute Gasteiger partial charge is 0.209 e. The SMILES string of the molecule is C=CCCCSc1nnnn1CCN. The minimum atomic E-state index is 0.561. The van der Waals surface area contributed by atoms with Crippen molar-refractivity contribution in [2.75, 3.05) is 12.3 Å². The number of nitrogens with zero attached hydrogens (tertiary/aromatic N) is 4. The summed E-state index contributed by atoms with van der Waals surface area (Å²) in [5.41, 5.74) is 5.43. The predicted molar refractivity (Wildman–Crippen MR) is 57.0 cm³/mol. The Labute approximate surface area is 87.7 Å². The van der Waals surface area contributed by atoms with Gasteiger partial charge in [-0.05, 0) is 23.3 Å². The molecule has 2 N–H and O–H groups in total. The van der Waals surface area contributed by atoms with E-state index in [1.165, 1.54) is 0 Å². The van der Waals surface area contributed by atoms with E-state index in [1.807, 2.05) is 6.08 Å². The number of allylic oxidation sites excluding steroid dienone is 1. The molecule has 0 fully saturated rings. The topological polar surface area (TPSA) is 69.6 Å². The molecule has 78 valence electrons. The van der Waals surface area contributed by atoms with Crippen molar-refractivity contribution in [2.24, 2.45) is 5.73 Å². The Morgan fingerprint density at radius 3 is 3.14 bits per heavy atom. The summed E-state index contributed by atoms with van der Waals surface area (Å²) in [5.74, 6) is 1.01. The van der Waals surface area contributed by atoms with E-state index in [2.05, 4.69) is 22.1 Å². The van der Waals surface area contributed by atoms with Crippen molar-refractivity contribution in [3.63, 3.8) is 0 Å². The average molecular weight is 213 g/mol. The summed E-state index contributed by atoms with van der Waals surface area (Å²) < 4.78 is 1.73. The molecule has 5 nitrogen and oxygen atoms in total. The first-order valence-electron chi connectivity index (χ1n) is 4.58. The number of aromatic nitrogens is 4. The predicted octanol–water partition coefficient (Wildman–Crippen LogP) is 0.690. The van der Waals surface area contributed by atoms with Gasteiger partial charge in [-0.3, -0.25) is 0 Å². The third kappa shape index (κ3) is 3.47. The Morgan fingerprint density at radius 2 is 2.43 bits per heavy atom. The zero-order valence-corrected chi connectivity index (χ0v) is 8.91. The molecule has 1 aromatic heterocycles. The van der Waals surface area contributed by atoms with Crippen LogP contribution in [0.25, 0.3) is 0 Å². The zero-order valence-electron chi connectivity index (χ0n) is 8.09. The van der Waals surface area contributed by atoms with Gasteiger partial charge in [0.1, 0.15) is 0 Å². The van der Waals surface area contributed by atoms with Crippen LogP contribution in [0, 0.1) is 0 Å². The average Bonchev–Trinajstić information content (AvgIpc) is 2.61. The Hall–Kier alpha value is -0.880. The van der Waals surface area contributed by atoms with Crippen LogP contribution in [-0.2, 0) is 6.54 Å². The van der Waals surface area contributed by atoms with Crippen LogP contribution in [0.2, 0.25) is 0 Å². The molecule has 0 saturated carbocycles. The number of hydrogen-bond acceptors (Lipinski definition) is 5. The van der Waals surface area contributed by atoms with Gasteiger partial charge in [-0.1, -0.05) is 17.8 Å². The van der Waals surface area contributed by atoms with Crippen molar-refractivity contribution in [1.29, 1.82) is 0 Å². The molecule has 0 aromatic carbocycles. The van der Waals surface area contributed by atoms with Crippen molar-refractivity contribution in [3.05, 3.63) is 12.7 Å². The van der Waals surface area contributed by atoms with E-state index in [-0.39, 0.29) is 0 Å². The van der Waals surface area contributed by atoms with Gasteiger partial charge in [-0.15, -0.1) is 11.7 Å². The molecule has 0 spiro atoms. The van der Waals surface area contributed by atoms with Gasteiger partial charge in [0.2, 0.25) is 5.16 Å². The molecule has 0 aliphatic carbocycles. The Morgan fingerprint density at radius 1 is 1.57 bits per heavy atom. The molecule has 1 aromatic rings. The number of nitrogens with two attached hydrogens (primary N) is 1. The molecule has 1 heterocycles. The number of rotatable bonds is 7. The van der Waals surface area contributed by atoms with E-state index in [0.29, 0.717) is 13.1 Å². The highest BCUT2D eigenvalue weighted by molar-refractivity contribution is 7.99. The monoisotopic (exact) mass is 213 g/mol. The number of hydrogen-bond donors (Lipinski definition) is 1. The van der Waals surface area contributed by atoms with Crippen molar-refractivity contribution >= 4 is 11.8 Å². The number of tetrazole rings is 1. The molecule has 0 aliphatic rings. The fraction of sp³-hybridized carbons (Fsp3) is 0.625. The van der Waals surface area contributed by atoms with Gasteiger partial charge in [0.25, 0.3) is 0 Å². The normalized spacial score (nSPS) is 10.4. The van der Waals surface area contributed by atoms with E-state index in [4.69, 9.17) is 5.73 Å². The summed E-state index contributed by atoms with van der Waals surface area (Å²) in [6.45, 7) is 4.91. The Bertz CT molecular complexity index is 272. The maximum atomic E-state index is 5.43. The minimum Gasteiger partial charge on any atom is -0.329 e. The fourth-order valence-electron chi connectivity index (χ4n) is 0.954. The van der Waals surface area contributed by atoms with E-state index in [1.54, 1.807) is 16.4 Å². The summed E-state index contributed by atoms with van der Waals surface area (Å²) in [7, 11) is 0. The molecule has 0 bridgehead atoms. The lowest BCUT2D eigenvalue weighted by atomic mass is 10.3. The van der Waals surface area contributed by atoms with Gasteiger partial charge in [0.15, 0.2) is 0 Å². The maximum Gasteiger partial charge on any atom is 0.209 e. The van der Waals surface area contributed by atoms with Gasteiger partial charge in [-0.25, -0.2) is 4.68 Å². The molecule has 0 radical (unpaired) electrons. The second-order valence-electron chi connectivity index (χ2n) is 2.75. The highest BCUT2D eigenvalue weighted by atomic mass is 32.2. The third-order valence-corrected chi connectivity index (χ3v) is 2.67. The molecule has 0 aliphatic heterocycles. The van der Waals surface area contributed by atoms with Crippen molar-refractivity contribution < 1.29 is 0 Å². The quantitative estimate of drug-likeness (QED) is 0.410. The van der Waals surface area contributed by atoms with Crippen LogP contribution in [-0.4, -0.2) is 32.5 Å². The molecule has 0 atom stereocenters. The summed E-state index contributed by atoms with van der Waals surface area (Å²) in [5, 5.41) is 12.2. The first-order valence-corrected chi connectivity index (χ1v) is 5.57. The molecule has 0 unspecified atom stereocenters. The van der Waals surface area contributed by atoms with E-state index < -0.39 is 0 Å². The van der Waals surface area contributed by atoms with Gasteiger partial charge >= 0.3 is 0 Å². The second-order valence-corrected chi connectivity index (χ2v) is 3.81. The minimum absolute atomic E-state index is 0.561. The number of unbranched alkanes of at least 4 members (excludes halogenated alkanes) is 1. The summed E-state index contributed by atoms with van der Waals surface area (Å²) in [6, 6.07) is 0. The first kappa shape index (κ1) is 11.2. The van der Waals surface area contributed by atoms with Gasteiger partial charge < -0.3 is 5.73 Å². The van der Waals surface area contributed by atoms with Crippen LogP contribution in [0.3, 0.4) is 0 Å². The van der Waals surface area contributed by atoms with Crippen LogP contribution < -0.4 is 5.73 Å². The van der Waals surface area contributed by atoms with Crippen LogP contribution >= 0.6 is 11.8 Å². The van der Waals surface area contributed by atoms with Crippen LogP contribution in [0.1, 0.15) is 12.8 Å². The van der Waals surface area contributed by atoms with E-state index >= 15 is 0 Å². The molecule has 0 amide bonds. The molecule has 1 rings (SSSR count). The molecule has 0 saturated heterocycles. The second kappa shape index (κ2) is 6.56. The van der Waals surface area contributed by atoms with Gasteiger partial charge in [-0.2, -0.15) is 0 Å². The van der Waals surface area contributed by atoms with E-state index in [0.717, 1.165) is 23.8 Å². The Kier molecular flexibility index (Phi) is 5.24. The lowest BCUT2D eigenvalue weighted by Crippen LogP contribution is -2.12. The first-order chi connectivity index (χ1) is 6.88. The summed E-state index contributed by atoms with van der Waals surface area (Å²) in [4.78, 5) is 0. The molecular formula is C8H15N5S. The van der Waals surface area contributed by atoms with Gasteiger partial charge in [0.05, 0.1) is 6.54 Å². The highest BCUT2D eigenvalue weighted by Crippen LogP contribution is 2.14. The van der Waals surface area contributed by atoms with Gasteiger partial charge in [0, 0.05) is 12.3 Å². The lowest BCUT2D eigenvalue weighted by molar-refractivity contribution is 0.557. The van der Waals surface area contributed by atoms with Crippen LogP contribution in [0.4, 0.5) is 0 Å². The molecule has 14 heavy (non-hydrogen) atoms. The zero-order chi connectivity index (χ0) is 10.2. The molecule has 6 heteroatoms. The van der Waals surface area contributed by atoms with Crippen LogP contribution in [0.5, 0.6) is 0 Å². The summed E-state index contributed by atoms with van der Waals surface area (Å²) >= 11 is 1.66. The fourth-order valence-corrected chi connectivity index (χ4v) is 1.82. The maximum absolute atomic E-state index is 5.43. The van der Waals surface area contributed by atoms with Crippen molar-refractivity contribution in [3.8, 4) is 0 Å². The number of thioether (sulfide) groups is 1. The van der Waals surface area contributed by atoms with E-state index in [9.17, 15) is 0 Å². The van der Waals surface area contributed by atoms with Crippen molar-refractivity contribution in [2.45, 2.75) is 24.5 Å². The van der Waals surface area contributed by atoms with Crippen LogP contribution in [0.15, 0.2) is 17.8 Å². The highest BCUT2D eigenvalue weighted by Gasteiger charge is 2.04. The third-order valence-electron chi connectivity index (χ3n) is 1.62. The standard InChI is InChI=1S/C8H15N5S/c1-2-3-4-7-14-8-10-11-12-13(8)6-5-9/h2H,1,3-7,9H2. The van der Waals surface area contributed by atoms with Crippen molar-refractivity contribution in [1.82, 2.24) is 20.2 Å². The Balaban J connectivity index is 2.33. The lowest BCUT2D eigenvalue weighted by Gasteiger charge is -2.00. The molecular weight excluding hydrogens is 198 g/mol. The largest absolute Gasteiger partial charge is 0.329 e. The summed E-state index contributed by atoms with van der Waals surface area (Å²) in [6.07, 6.45) is 4.05.